The lowest BCUT2D eigenvalue weighted by atomic mass is 10.1. The molecule has 2 heterocycles. The summed E-state index contributed by atoms with van der Waals surface area (Å²) in [7, 11) is 0. The maximum absolute atomic E-state index is 12.3. The van der Waals surface area contributed by atoms with Gasteiger partial charge < -0.3 is 9.73 Å². The molecule has 25 heavy (non-hydrogen) atoms. The minimum atomic E-state index is -0.378. The summed E-state index contributed by atoms with van der Waals surface area (Å²) in [6, 6.07) is 16.9. The largest absolute Gasteiger partial charge is 0.447 e. The Bertz CT molecular complexity index is 1010. The van der Waals surface area contributed by atoms with E-state index >= 15 is 0 Å². The van der Waals surface area contributed by atoms with E-state index in [-0.39, 0.29) is 12.6 Å². The minimum absolute atomic E-state index is 0.182. The Morgan fingerprint density at radius 3 is 2.76 bits per heavy atom. The fourth-order valence-electron chi connectivity index (χ4n) is 2.56. The highest BCUT2D eigenvalue weighted by Crippen LogP contribution is 2.11. The molecule has 4 aromatic rings. The lowest BCUT2D eigenvalue weighted by Crippen LogP contribution is -2.29. The summed E-state index contributed by atoms with van der Waals surface area (Å²) in [6.45, 7) is 0.182. The van der Waals surface area contributed by atoms with Gasteiger partial charge in [0.25, 0.3) is 0 Å². The number of hydrogen-bond acceptors (Lipinski definition) is 5. The van der Waals surface area contributed by atoms with Crippen LogP contribution in [0.4, 0.5) is 4.79 Å². The summed E-state index contributed by atoms with van der Waals surface area (Å²) in [4.78, 5) is 16.7. The first-order valence-corrected chi connectivity index (χ1v) is 7.85. The fraction of sp³-hybridized carbons (Fsp3) is 0.111. The molecule has 2 aromatic heterocycles. The van der Waals surface area contributed by atoms with Crippen molar-refractivity contribution < 1.29 is 9.21 Å². The number of nitrogens with one attached hydrogen (secondary N) is 1. The van der Waals surface area contributed by atoms with Crippen molar-refractivity contribution >= 4 is 17.1 Å². The molecule has 7 heteroatoms. The molecule has 0 aliphatic carbocycles. The first-order chi connectivity index (χ1) is 12.3. The molecule has 0 fully saturated rings. The fourth-order valence-corrected chi connectivity index (χ4v) is 2.56. The van der Waals surface area contributed by atoms with Crippen LogP contribution >= 0.6 is 0 Å². The Labute approximate surface area is 143 Å². The van der Waals surface area contributed by atoms with Crippen molar-refractivity contribution in [2.45, 2.75) is 13.0 Å². The van der Waals surface area contributed by atoms with Crippen molar-refractivity contribution in [2.75, 3.05) is 0 Å². The highest BCUT2D eigenvalue weighted by Gasteiger charge is 2.12. The number of para-hydroxylation sites is 1. The van der Waals surface area contributed by atoms with Crippen LogP contribution in [0.15, 0.2) is 65.3 Å². The molecule has 0 radical (unpaired) electrons. The van der Waals surface area contributed by atoms with Crippen LogP contribution in [-0.2, 0) is 13.0 Å². The zero-order valence-electron chi connectivity index (χ0n) is 13.3. The lowest BCUT2D eigenvalue weighted by Gasteiger charge is -2.02. The van der Waals surface area contributed by atoms with Crippen LogP contribution in [0.25, 0.3) is 11.0 Å². The summed E-state index contributed by atoms with van der Waals surface area (Å²) in [5, 5.41) is 10.6. The van der Waals surface area contributed by atoms with E-state index in [1.54, 1.807) is 18.4 Å². The van der Waals surface area contributed by atoms with Gasteiger partial charge in [-0.3, -0.25) is 0 Å². The molecule has 2 aromatic carbocycles. The monoisotopic (exact) mass is 333 g/mol. The Morgan fingerprint density at radius 2 is 1.88 bits per heavy atom. The second kappa shape index (κ2) is 6.56. The molecule has 4 rings (SSSR count). The second-order valence-corrected chi connectivity index (χ2v) is 5.54. The quantitative estimate of drug-likeness (QED) is 0.620. The van der Waals surface area contributed by atoms with E-state index in [1.807, 2.05) is 42.5 Å². The Morgan fingerprint density at radius 1 is 1.08 bits per heavy atom. The van der Waals surface area contributed by atoms with Crippen molar-refractivity contribution in [1.82, 2.24) is 25.3 Å². The molecule has 0 spiro atoms. The van der Waals surface area contributed by atoms with Crippen LogP contribution in [0.2, 0.25) is 0 Å². The van der Waals surface area contributed by atoms with E-state index in [2.05, 4.69) is 20.6 Å². The minimum Gasteiger partial charge on any atom is -0.447 e. The third kappa shape index (κ3) is 3.25. The lowest BCUT2D eigenvalue weighted by molar-refractivity contribution is 0.238. The van der Waals surface area contributed by atoms with E-state index in [0.717, 1.165) is 11.3 Å². The summed E-state index contributed by atoms with van der Waals surface area (Å²) in [5.74, 6) is 0.448. The van der Waals surface area contributed by atoms with E-state index < -0.39 is 0 Å². The van der Waals surface area contributed by atoms with E-state index in [4.69, 9.17) is 4.42 Å². The maximum atomic E-state index is 12.3. The van der Waals surface area contributed by atoms with Crippen LogP contribution in [-0.4, -0.2) is 26.0 Å². The number of amides is 1. The number of hydrogen-bond donors (Lipinski definition) is 1. The standard InChI is InChI=1S/C18H15N5O2/c24-18(23-16-9-5-4-8-15(16)21-22-23)19-11-17-20-14(12-25-17)10-13-6-2-1-3-7-13/h1-9,12H,10-11H2,(H,19,24). The van der Waals surface area contributed by atoms with E-state index in [0.29, 0.717) is 23.3 Å². The molecular weight excluding hydrogens is 318 g/mol. The summed E-state index contributed by atoms with van der Waals surface area (Å²) in [5.41, 5.74) is 3.29. The Hall–Kier alpha value is -3.48. The van der Waals surface area contributed by atoms with Crippen molar-refractivity contribution in [3.05, 3.63) is 78.0 Å². The SMILES string of the molecule is O=C(NCc1nc(Cc2ccccc2)co1)n1nnc2ccccc21. The van der Waals surface area contributed by atoms with Crippen molar-refractivity contribution in [3.63, 3.8) is 0 Å². The number of rotatable bonds is 4. The first-order valence-electron chi connectivity index (χ1n) is 7.85. The van der Waals surface area contributed by atoms with Crippen LogP contribution in [0.1, 0.15) is 17.1 Å². The molecule has 0 unspecified atom stereocenters. The summed E-state index contributed by atoms with van der Waals surface area (Å²) in [6.07, 6.45) is 2.30. The average Bonchev–Trinajstić information content (AvgIpc) is 3.27. The number of carbonyl (C=O) groups is 1. The predicted molar refractivity (Wildman–Crippen MR) is 90.9 cm³/mol. The second-order valence-electron chi connectivity index (χ2n) is 5.54. The van der Waals surface area contributed by atoms with Crippen molar-refractivity contribution in [1.29, 1.82) is 0 Å². The van der Waals surface area contributed by atoms with Crippen molar-refractivity contribution in [3.8, 4) is 0 Å². The Kier molecular flexibility index (Phi) is 3.96. The number of fused-ring (bicyclic) bond motifs is 1. The number of benzene rings is 2. The molecule has 0 atom stereocenters. The van der Waals surface area contributed by atoms with Gasteiger partial charge in [-0.15, -0.1) is 5.10 Å². The average molecular weight is 333 g/mol. The number of oxazole rings is 1. The van der Waals surface area contributed by atoms with Gasteiger partial charge in [0, 0.05) is 6.42 Å². The van der Waals surface area contributed by atoms with Gasteiger partial charge in [0.05, 0.1) is 17.8 Å². The smallest absolute Gasteiger partial charge is 0.344 e. The Balaban J connectivity index is 1.41. The van der Waals surface area contributed by atoms with Gasteiger partial charge in [-0.2, -0.15) is 4.68 Å². The molecule has 1 N–H and O–H groups in total. The molecule has 0 aliphatic heterocycles. The number of aromatic nitrogens is 4. The third-order valence-electron chi connectivity index (χ3n) is 3.76. The van der Waals surface area contributed by atoms with Gasteiger partial charge in [0.1, 0.15) is 11.8 Å². The van der Waals surface area contributed by atoms with Crippen LogP contribution in [0.3, 0.4) is 0 Å². The van der Waals surface area contributed by atoms with E-state index in [9.17, 15) is 4.79 Å². The molecule has 7 nitrogen and oxygen atoms in total. The first kappa shape index (κ1) is 15.1. The normalized spacial score (nSPS) is 10.9. The van der Waals surface area contributed by atoms with Gasteiger partial charge in [0.15, 0.2) is 0 Å². The maximum Gasteiger partial charge on any atom is 0.344 e. The molecular formula is C18H15N5O2. The van der Waals surface area contributed by atoms with Gasteiger partial charge in [0.2, 0.25) is 5.89 Å². The highest BCUT2D eigenvalue weighted by atomic mass is 16.3. The van der Waals surface area contributed by atoms with Crippen LogP contribution < -0.4 is 5.32 Å². The molecule has 0 saturated carbocycles. The topological polar surface area (TPSA) is 85.8 Å². The number of nitrogens with zero attached hydrogens (tertiary/aromatic N) is 4. The molecule has 124 valence electrons. The molecule has 1 amide bonds. The molecule has 0 saturated heterocycles. The molecule has 0 bridgehead atoms. The van der Waals surface area contributed by atoms with Gasteiger partial charge in [-0.25, -0.2) is 9.78 Å². The number of carbonyl (C=O) groups excluding carboxylic acids is 1. The van der Waals surface area contributed by atoms with Gasteiger partial charge in [-0.1, -0.05) is 47.7 Å². The third-order valence-corrected chi connectivity index (χ3v) is 3.76. The summed E-state index contributed by atoms with van der Waals surface area (Å²) < 4.78 is 6.65. The van der Waals surface area contributed by atoms with Crippen molar-refractivity contribution in [2.24, 2.45) is 0 Å². The summed E-state index contributed by atoms with van der Waals surface area (Å²) >= 11 is 0. The van der Waals surface area contributed by atoms with Gasteiger partial charge in [-0.05, 0) is 17.7 Å². The van der Waals surface area contributed by atoms with Crippen LogP contribution in [0, 0.1) is 0 Å². The zero-order valence-corrected chi connectivity index (χ0v) is 13.3. The van der Waals surface area contributed by atoms with E-state index in [1.165, 1.54) is 4.68 Å². The van der Waals surface area contributed by atoms with Crippen LogP contribution in [0.5, 0.6) is 0 Å². The zero-order chi connectivity index (χ0) is 17.1. The molecule has 0 aliphatic rings. The predicted octanol–water partition coefficient (Wildman–Crippen LogP) is 2.77. The van der Waals surface area contributed by atoms with Gasteiger partial charge >= 0.3 is 6.03 Å². The highest BCUT2D eigenvalue weighted by molar-refractivity contribution is 5.87.